The zero-order valence-electron chi connectivity index (χ0n) is 13.9. The first-order chi connectivity index (χ1) is 11.2. The summed E-state index contributed by atoms with van der Waals surface area (Å²) in [7, 11) is 1.43. The second kappa shape index (κ2) is 9.01. The van der Waals surface area contributed by atoms with E-state index in [0.717, 1.165) is 38.1 Å². The third-order valence-corrected chi connectivity index (χ3v) is 5.12. The minimum Gasteiger partial charge on any atom is -0.469 e. The number of ether oxygens (including phenoxy) is 1. The van der Waals surface area contributed by atoms with Crippen molar-refractivity contribution < 1.29 is 14.3 Å². The lowest BCUT2D eigenvalue weighted by Crippen LogP contribution is -2.42. The third kappa shape index (κ3) is 5.03. The summed E-state index contributed by atoms with van der Waals surface area (Å²) in [5.41, 5.74) is 0. The molecule has 1 aliphatic rings. The van der Waals surface area contributed by atoms with Crippen LogP contribution < -0.4 is 0 Å². The molecule has 0 aliphatic carbocycles. The Balaban J connectivity index is 1.92. The zero-order valence-corrected chi connectivity index (χ0v) is 14.8. The van der Waals surface area contributed by atoms with Crippen molar-refractivity contribution in [3.8, 4) is 0 Å². The molecule has 0 bridgehead atoms. The Labute approximate surface area is 142 Å². The molecule has 128 valence electrons. The SMILES string of the molecule is COC(=O)CC1CCN(C(=O)[C@@H](CCSC)n2cccc2)CC1. The van der Waals surface area contributed by atoms with E-state index in [9.17, 15) is 9.59 Å². The van der Waals surface area contributed by atoms with Gasteiger partial charge in [-0.25, -0.2) is 0 Å². The van der Waals surface area contributed by atoms with E-state index in [4.69, 9.17) is 4.74 Å². The van der Waals surface area contributed by atoms with Gasteiger partial charge in [0, 0.05) is 31.9 Å². The van der Waals surface area contributed by atoms with Crippen LogP contribution >= 0.6 is 11.8 Å². The molecule has 1 saturated heterocycles. The number of nitrogens with zero attached hydrogens (tertiary/aromatic N) is 2. The summed E-state index contributed by atoms with van der Waals surface area (Å²) < 4.78 is 6.75. The van der Waals surface area contributed by atoms with Crippen molar-refractivity contribution in [3.63, 3.8) is 0 Å². The number of likely N-dealkylation sites (tertiary alicyclic amines) is 1. The summed E-state index contributed by atoms with van der Waals surface area (Å²) >= 11 is 1.77. The first-order valence-electron chi connectivity index (χ1n) is 8.12. The normalized spacial score (nSPS) is 17.0. The number of hydrogen-bond acceptors (Lipinski definition) is 4. The largest absolute Gasteiger partial charge is 0.469 e. The van der Waals surface area contributed by atoms with E-state index in [0.29, 0.717) is 12.3 Å². The van der Waals surface area contributed by atoms with Crippen LogP contribution in [0.3, 0.4) is 0 Å². The topological polar surface area (TPSA) is 51.5 Å². The molecular weight excluding hydrogens is 312 g/mol. The standard InChI is InChI=1S/C17H26N2O3S/c1-22-16(20)13-14-5-10-19(11-6-14)17(21)15(7-12-23-2)18-8-3-4-9-18/h3-4,8-9,14-15H,5-7,10-13H2,1-2H3/t15-/m1/s1. The molecule has 1 aromatic heterocycles. The molecule has 6 heteroatoms. The van der Waals surface area contributed by atoms with E-state index in [1.807, 2.05) is 34.0 Å². The minimum absolute atomic E-state index is 0.116. The Bertz CT molecular complexity index is 496. The fourth-order valence-electron chi connectivity index (χ4n) is 3.07. The second-order valence-corrected chi connectivity index (χ2v) is 6.96. The molecule has 1 aromatic rings. The van der Waals surface area contributed by atoms with Crippen LogP contribution in [0.4, 0.5) is 0 Å². The van der Waals surface area contributed by atoms with Crippen LogP contribution in [-0.4, -0.2) is 53.6 Å². The summed E-state index contributed by atoms with van der Waals surface area (Å²) in [6.07, 6.45) is 9.06. The highest BCUT2D eigenvalue weighted by molar-refractivity contribution is 7.98. The number of thioether (sulfide) groups is 1. The number of esters is 1. The number of amides is 1. The molecule has 0 spiro atoms. The van der Waals surface area contributed by atoms with Crippen molar-refractivity contribution in [2.45, 2.75) is 31.7 Å². The van der Waals surface area contributed by atoms with Gasteiger partial charge in [-0.3, -0.25) is 9.59 Å². The fourth-order valence-corrected chi connectivity index (χ4v) is 3.53. The highest BCUT2D eigenvalue weighted by atomic mass is 32.2. The lowest BCUT2D eigenvalue weighted by Gasteiger charge is -2.34. The summed E-state index contributed by atoms with van der Waals surface area (Å²) in [4.78, 5) is 26.2. The molecule has 0 N–H and O–H groups in total. The van der Waals surface area contributed by atoms with Crippen LogP contribution in [0.15, 0.2) is 24.5 Å². The number of aromatic nitrogens is 1. The van der Waals surface area contributed by atoms with Crippen LogP contribution in [0.2, 0.25) is 0 Å². The number of carbonyl (C=O) groups excluding carboxylic acids is 2. The molecule has 1 fully saturated rings. The molecule has 2 rings (SSSR count). The van der Waals surface area contributed by atoms with Crippen molar-refractivity contribution >= 4 is 23.6 Å². The van der Waals surface area contributed by atoms with E-state index in [2.05, 4.69) is 6.26 Å². The molecular formula is C17H26N2O3S. The van der Waals surface area contributed by atoms with Crippen molar-refractivity contribution in [1.82, 2.24) is 9.47 Å². The summed E-state index contributed by atoms with van der Waals surface area (Å²) in [6.45, 7) is 1.47. The number of carbonyl (C=O) groups is 2. The Morgan fingerprint density at radius 3 is 2.48 bits per heavy atom. The minimum atomic E-state index is -0.153. The summed E-state index contributed by atoms with van der Waals surface area (Å²) in [6, 6.07) is 3.80. The summed E-state index contributed by atoms with van der Waals surface area (Å²) in [5.74, 6) is 1.35. The van der Waals surface area contributed by atoms with Crippen molar-refractivity contribution in [1.29, 1.82) is 0 Å². The van der Waals surface area contributed by atoms with Gasteiger partial charge in [-0.1, -0.05) is 0 Å². The van der Waals surface area contributed by atoms with Crippen LogP contribution in [0, 0.1) is 5.92 Å². The van der Waals surface area contributed by atoms with Gasteiger partial charge in [0.05, 0.1) is 7.11 Å². The fraction of sp³-hybridized carbons (Fsp3) is 0.647. The van der Waals surface area contributed by atoms with Gasteiger partial charge in [-0.2, -0.15) is 11.8 Å². The lowest BCUT2D eigenvalue weighted by molar-refractivity contribution is -0.142. The highest BCUT2D eigenvalue weighted by Gasteiger charge is 2.29. The Hall–Kier alpha value is -1.43. The molecule has 1 aliphatic heterocycles. The molecule has 0 saturated carbocycles. The van der Waals surface area contributed by atoms with Gasteiger partial charge in [0.1, 0.15) is 6.04 Å². The number of piperidine rings is 1. The van der Waals surface area contributed by atoms with E-state index >= 15 is 0 Å². The van der Waals surface area contributed by atoms with Gasteiger partial charge in [0.15, 0.2) is 0 Å². The smallest absolute Gasteiger partial charge is 0.305 e. The Kier molecular flexibility index (Phi) is 7.02. The maximum absolute atomic E-state index is 12.9. The number of methoxy groups -OCH3 is 1. The zero-order chi connectivity index (χ0) is 16.7. The third-order valence-electron chi connectivity index (χ3n) is 4.48. The average molecular weight is 338 g/mol. The lowest BCUT2D eigenvalue weighted by atomic mass is 9.93. The van der Waals surface area contributed by atoms with Gasteiger partial charge in [-0.15, -0.1) is 0 Å². The van der Waals surface area contributed by atoms with E-state index in [1.54, 1.807) is 11.8 Å². The highest BCUT2D eigenvalue weighted by Crippen LogP contribution is 2.25. The molecule has 1 atom stereocenters. The van der Waals surface area contributed by atoms with Crippen molar-refractivity contribution in [2.24, 2.45) is 5.92 Å². The first kappa shape index (κ1) is 17.9. The molecule has 1 amide bonds. The predicted molar refractivity (Wildman–Crippen MR) is 92.4 cm³/mol. The quantitative estimate of drug-likeness (QED) is 0.717. The van der Waals surface area contributed by atoms with Gasteiger partial charge in [0.2, 0.25) is 5.91 Å². The van der Waals surface area contributed by atoms with Crippen molar-refractivity contribution in [3.05, 3.63) is 24.5 Å². The first-order valence-corrected chi connectivity index (χ1v) is 9.52. The van der Waals surface area contributed by atoms with Gasteiger partial charge in [0.25, 0.3) is 0 Å². The molecule has 23 heavy (non-hydrogen) atoms. The molecule has 0 radical (unpaired) electrons. The Morgan fingerprint density at radius 1 is 1.26 bits per heavy atom. The van der Waals surface area contributed by atoms with Crippen molar-refractivity contribution in [2.75, 3.05) is 32.2 Å². The summed E-state index contributed by atoms with van der Waals surface area (Å²) in [5, 5.41) is 0. The number of rotatable bonds is 7. The van der Waals surface area contributed by atoms with Gasteiger partial charge < -0.3 is 14.2 Å². The second-order valence-electron chi connectivity index (χ2n) is 5.98. The number of hydrogen-bond donors (Lipinski definition) is 0. The van der Waals surface area contributed by atoms with Gasteiger partial charge in [-0.05, 0) is 49.3 Å². The van der Waals surface area contributed by atoms with Crippen LogP contribution in [0.25, 0.3) is 0 Å². The molecule has 2 heterocycles. The van der Waals surface area contributed by atoms with E-state index in [1.165, 1.54) is 7.11 Å². The maximum Gasteiger partial charge on any atom is 0.305 e. The maximum atomic E-state index is 12.9. The molecule has 0 unspecified atom stereocenters. The average Bonchev–Trinajstić information content (AvgIpc) is 3.10. The van der Waals surface area contributed by atoms with E-state index in [-0.39, 0.29) is 17.9 Å². The predicted octanol–water partition coefficient (Wildman–Crippen LogP) is 2.58. The monoisotopic (exact) mass is 338 g/mol. The Morgan fingerprint density at radius 2 is 1.91 bits per heavy atom. The van der Waals surface area contributed by atoms with Crippen LogP contribution in [-0.2, 0) is 14.3 Å². The molecule has 5 nitrogen and oxygen atoms in total. The van der Waals surface area contributed by atoms with Gasteiger partial charge >= 0.3 is 5.97 Å². The van der Waals surface area contributed by atoms with Crippen LogP contribution in [0.1, 0.15) is 31.7 Å². The van der Waals surface area contributed by atoms with E-state index < -0.39 is 0 Å². The van der Waals surface area contributed by atoms with Crippen LogP contribution in [0.5, 0.6) is 0 Å². The molecule has 0 aromatic carbocycles.